The van der Waals surface area contributed by atoms with Gasteiger partial charge in [0.25, 0.3) is 0 Å². The van der Waals surface area contributed by atoms with Crippen molar-refractivity contribution in [3.8, 4) is 0 Å². The summed E-state index contributed by atoms with van der Waals surface area (Å²) in [5.74, 6) is 0.866. The number of carbonyl (C=O) groups is 1. The highest BCUT2D eigenvalue weighted by Crippen LogP contribution is 2.32. The lowest BCUT2D eigenvalue weighted by molar-refractivity contribution is -0.115. The fraction of sp³-hybridized carbons (Fsp3) is 0.700. The minimum Gasteiger partial charge on any atom is -0.295 e. The van der Waals surface area contributed by atoms with Gasteiger partial charge in [0.2, 0.25) is 0 Å². The third kappa shape index (κ3) is 2.18. The Kier molecular flexibility index (Phi) is 2.17. The molecule has 1 nitrogen and oxygen atoms in total. The van der Waals surface area contributed by atoms with Gasteiger partial charge in [-0.3, -0.25) is 4.79 Å². The van der Waals surface area contributed by atoms with Crippen molar-refractivity contribution in [2.45, 2.75) is 33.6 Å². The predicted octanol–water partition coefficient (Wildman–Crippen LogP) is 2.57. The van der Waals surface area contributed by atoms with Crippen LogP contribution >= 0.6 is 0 Å². The summed E-state index contributed by atoms with van der Waals surface area (Å²) in [6.45, 7) is 6.66. The van der Waals surface area contributed by atoms with Crippen molar-refractivity contribution in [2.24, 2.45) is 11.3 Å². The van der Waals surface area contributed by atoms with Gasteiger partial charge in [0.1, 0.15) is 0 Å². The second-order valence-corrected chi connectivity index (χ2v) is 4.34. The molecule has 1 rings (SSSR count). The van der Waals surface area contributed by atoms with Gasteiger partial charge in [-0.1, -0.05) is 26.8 Å². The molecule has 0 radical (unpaired) electrons. The van der Waals surface area contributed by atoms with E-state index in [0.29, 0.717) is 11.3 Å². The molecule has 0 saturated carbocycles. The number of carbonyl (C=O) groups excluding carboxylic acids is 1. The van der Waals surface area contributed by atoms with Crippen LogP contribution in [0.4, 0.5) is 0 Å². The average Bonchev–Trinajstić information content (AvgIpc) is 1.86. The monoisotopic (exact) mass is 152 g/mol. The molecule has 1 heteroatoms. The predicted molar refractivity (Wildman–Crippen MR) is 46.3 cm³/mol. The Morgan fingerprint density at radius 3 is 2.45 bits per heavy atom. The molecule has 0 aromatic rings. The molecule has 0 saturated heterocycles. The van der Waals surface area contributed by atoms with Gasteiger partial charge >= 0.3 is 0 Å². The van der Waals surface area contributed by atoms with E-state index in [2.05, 4.69) is 26.8 Å². The van der Waals surface area contributed by atoms with Crippen LogP contribution < -0.4 is 0 Å². The first kappa shape index (κ1) is 8.51. The molecule has 1 aliphatic rings. The first-order valence-corrected chi connectivity index (χ1v) is 4.21. The van der Waals surface area contributed by atoms with Crippen molar-refractivity contribution in [1.29, 1.82) is 0 Å². The second kappa shape index (κ2) is 2.80. The highest BCUT2D eigenvalue weighted by Gasteiger charge is 2.24. The maximum atomic E-state index is 10.8. The average molecular weight is 152 g/mol. The van der Waals surface area contributed by atoms with Crippen molar-refractivity contribution in [1.82, 2.24) is 0 Å². The Morgan fingerprint density at radius 2 is 2.09 bits per heavy atom. The molecule has 1 aliphatic carbocycles. The fourth-order valence-corrected chi connectivity index (χ4v) is 1.42. The number of hydrogen-bond acceptors (Lipinski definition) is 1. The number of rotatable bonds is 0. The lowest BCUT2D eigenvalue weighted by Gasteiger charge is -2.29. The molecule has 0 spiro atoms. The first-order valence-electron chi connectivity index (χ1n) is 4.21. The number of ketones is 1. The molecule has 0 aliphatic heterocycles. The van der Waals surface area contributed by atoms with Crippen LogP contribution in [0, 0.1) is 11.3 Å². The minimum atomic E-state index is 0.283. The van der Waals surface area contributed by atoms with E-state index in [4.69, 9.17) is 0 Å². The van der Waals surface area contributed by atoms with Crippen molar-refractivity contribution >= 4 is 5.78 Å². The summed E-state index contributed by atoms with van der Waals surface area (Å²) in [5.41, 5.74) is 0.317. The van der Waals surface area contributed by atoms with Crippen molar-refractivity contribution < 1.29 is 4.79 Å². The molecule has 1 atom stereocenters. The van der Waals surface area contributed by atoms with Crippen molar-refractivity contribution in [3.63, 3.8) is 0 Å². The lowest BCUT2D eigenvalue weighted by atomic mass is 9.75. The quantitative estimate of drug-likeness (QED) is 0.521. The summed E-state index contributed by atoms with van der Waals surface area (Å²) in [6.07, 6.45) is 5.56. The highest BCUT2D eigenvalue weighted by atomic mass is 16.1. The van der Waals surface area contributed by atoms with Crippen LogP contribution in [0.25, 0.3) is 0 Å². The van der Waals surface area contributed by atoms with E-state index in [9.17, 15) is 4.79 Å². The van der Waals surface area contributed by atoms with E-state index < -0.39 is 0 Å². The normalized spacial score (nSPS) is 25.7. The molecule has 0 aromatic carbocycles. The first-order chi connectivity index (χ1) is 5.00. The maximum absolute atomic E-state index is 10.8. The molecule has 62 valence electrons. The second-order valence-electron chi connectivity index (χ2n) is 4.34. The van der Waals surface area contributed by atoms with Crippen LogP contribution in [-0.2, 0) is 4.79 Å². The van der Waals surface area contributed by atoms with Crippen LogP contribution in [0.2, 0.25) is 0 Å². The fourth-order valence-electron chi connectivity index (χ4n) is 1.42. The van der Waals surface area contributed by atoms with Crippen LogP contribution in [0.1, 0.15) is 33.6 Å². The molecular formula is C10H16O. The van der Waals surface area contributed by atoms with Gasteiger partial charge in [-0.2, -0.15) is 0 Å². The maximum Gasteiger partial charge on any atom is 0.155 e. The van der Waals surface area contributed by atoms with Gasteiger partial charge in [0.05, 0.1) is 0 Å². The van der Waals surface area contributed by atoms with Gasteiger partial charge in [-0.15, -0.1) is 0 Å². The third-order valence-corrected chi connectivity index (χ3v) is 2.33. The van der Waals surface area contributed by atoms with E-state index in [0.717, 1.165) is 12.8 Å². The molecular weight excluding hydrogens is 136 g/mol. The molecule has 0 heterocycles. The van der Waals surface area contributed by atoms with Crippen LogP contribution in [0.5, 0.6) is 0 Å². The minimum absolute atomic E-state index is 0.283. The zero-order valence-electron chi connectivity index (χ0n) is 7.55. The van der Waals surface area contributed by atoms with E-state index in [1.165, 1.54) is 0 Å². The SMILES string of the molecule is CC(C)(C)[C@H]1C=CC(=O)CC1. The highest BCUT2D eigenvalue weighted by molar-refractivity contribution is 5.90. The number of allylic oxidation sites excluding steroid dienone is 2. The summed E-state index contributed by atoms with van der Waals surface area (Å²) >= 11 is 0. The third-order valence-electron chi connectivity index (χ3n) is 2.33. The van der Waals surface area contributed by atoms with E-state index in [1.807, 2.05) is 0 Å². The van der Waals surface area contributed by atoms with Crippen LogP contribution in [0.3, 0.4) is 0 Å². The molecule has 0 amide bonds. The molecule has 0 N–H and O–H groups in total. The Bertz CT molecular complexity index is 184. The Hall–Kier alpha value is -0.590. The van der Waals surface area contributed by atoms with Crippen molar-refractivity contribution in [2.75, 3.05) is 0 Å². The summed E-state index contributed by atoms with van der Waals surface area (Å²) in [7, 11) is 0. The van der Waals surface area contributed by atoms with Crippen molar-refractivity contribution in [3.05, 3.63) is 12.2 Å². The van der Waals surface area contributed by atoms with Gasteiger partial charge in [-0.05, 0) is 23.8 Å². The Balaban J connectivity index is 2.65. The van der Waals surface area contributed by atoms with Crippen LogP contribution in [0.15, 0.2) is 12.2 Å². The van der Waals surface area contributed by atoms with Gasteiger partial charge < -0.3 is 0 Å². The Labute approximate surface area is 68.5 Å². The van der Waals surface area contributed by atoms with Crippen LogP contribution in [-0.4, -0.2) is 5.78 Å². The zero-order valence-corrected chi connectivity index (χ0v) is 7.55. The van der Waals surface area contributed by atoms with Gasteiger partial charge in [0, 0.05) is 6.42 Å². The van der Waals surface area contributed by atoms with E-state index >= 15 is 0 Å². The standard InChI is InChI=1S/C10H16O/c1-10(2,3)8-4-6-9(11)7-5-8/h4,6,8H,5,7H2,1-3H3/t8-/m0/s1. The zero-order chi connectivity index (χ0) is 8.48. The molecule has 0 aromatic heterocycles. The molecule has 0 bridgehead atoms. The largest absolute Gasteiger partial charge is 0.295 e. The summed E-state index contributed by atoms with van der Waals surface area (Å²) < 4.78 is 0. The summed E-state index contributed by atoms with van der Waals surface area (Å²) in [6, 6.07) is 0. The lowest BCUT2D eigenvalue weighted by Crippen LogP contribution is -2.21. The van der Waals surface area contributed by atoms with E-state index in [-0.39, 0.29) is 5.78 Å². The molecule has 0 unspecified atom stereocenters. The topological polar surface area (TPSA) is 17.1 Å². The summed E-state index contributed by atoms with van der Waals surface area (Å²) in [4.78, 5) is 10.8. The molecule has 0 fully saturated rings. The smallest absolute Gasteiger partial charge is 0.155 e. The number of hydrogen-bond donors (Lipinski definition) is 0. The Morgan fingerprint density at radius 1 is 1.45 bits per heavy atom. The van der Waals surface area contributed by atoms with Gasteiger partial charge in [0.15, 0.2) is 5.78 Å². The summed E-state index contributed by atoms with van der Waals surface area (Å²) in [5, 5.41) is 0. The molecule has 11 heavy (non-hydrogen) atoms. The van der Waals surface area contributed by atoms with E-state index in [1.54, 1.807) is 6.08 Å². The van der Waals surface area contributed by atoms with Gasteiger partial charge in [-0.25, -0.2) is 0 Å².